The largest absolute Gasteiger partial charge is 0.371 e. The van der Waals surface area contributed by atoms with Crippen LogP contribution < -0.4 is 5.32 Å². The van der Waals surface area contributed by atoms with E-state index in [1.807, 2.05) is 6.26 Å². The number of carbonyl (C=O) groups excluding carboxylic acids is 1. The third kappa shape index (κ3) is 1.54. The average Bonchev–Trinajstić information content (AvgIpc) is 2.46. The van der Waals surface area contributed by atoms with Gasteiger partial charge in [0.1, 0.15) is 5.69 Å². The van der Waals surface area contributed by atoms with Crippen LogP contribution >= 0.6 is 11.8 Å². The van der Waals surface area contributed by atoms with E-state index in [-0.39, 0.29) is 0 Å². The van der Waals surface area contributed by atoms with Gasteiger partial charge in [-0.2, -0.15) is 0 Å². The van der Waals surface area contributed by atoms with Crippen molar-refractivity contribution in [2.24, 2.45) is 0 Å². The van der Waals surface area contributed by atoms with Gasteiger partial charge in [-0.05, 0) is 6.26 Å². The summed E-state index contributed by atoms with van der Waals surface area (Å²) in [6, 6.07) is 0. The summed E-state index contributed by atoms with van der Waals surface area (Å²) in [4.78, 5) is 17.3. The molecule has 2 N–H and O–H groups in total. The Hall–Kier alpha value is -0.970. The Morgan fingerprint density at radius 1 is 1.73 bits per heavy atom. The number of aldehydes is 1. The summed E-state index contributed by atoms with van der Waals surface area (Å²) in [5.74, 6) is 0.601. The summed E-state index contributed by atoms with van der Waals surface area (Å²) in [6.45, 7) is 0. The van der Waals surface area contributed by atoms with E-state index >= 15 is 0 Å². The highest BCUT2D eigenvalue weighted by atomic mass is 32.2. The van der Waals surface area contributed by atoms with E-state index in [9.17, 15) is 4.79 Å². The summed E-state index contributed by atoms with van der Waals surface area (Å²) in [6.07, 6.45) is 2.64. The van der Waals surface area contributed by atoms with E-state index in [1.165, 1.54) is 11.8 Å². The third-order valence-corrected chi connectivity index (χ3v) is 1.84. The number of thioether (sulfide) groups is 1. The highest BCUT2D eigenvalue weighted by Gasteiger charge is 2.05. The maximum Gasteiger partial charge on any atom is 0.170 e. The number of aromatic amines is 1. The van der Waals surface area contributed by atoms with Crippen molar-refractivity contribution in [3.8, 4) is 0 Å². The molecule has 0 radical (unpaired) electrons. The molecule has 0 amide bonds. The standard InChI is InChI=1S/C6H9N3OS/c1-7-5-4(3-10)8-6(9-5)11-2/h3,7H,1-2H3,(H,8,9). The molecule has 0 atom stereocenters. The van der Waals surface area contributed by atoms with Crippen LogP contribution in [-0.4, -0.2) is 29.6 Å². The Bertz CT molecular complexity index is 258. The van der Waals surface area contributed by atoms with Gasteiger partial charge in [-0.3, -0.25) is 4.79 Å². The lowest BCUT2D eigenvalue weighted by Crippen LogP contribution is -1.92. The van der Waals surface area contributed by atoms with Crippen LogP contribution in [0.1, 0.15) is 10.5 Å². The molecule has 0 unspecified atom stereocenters. The summed E-state index contributed by atoms with van der Waals surface area (Å²) >= 11 is 1.47. The van der Waals surface area contributed by atoms with Gasteiger partial charge in [0, 0.05) is 7.05 Å². The third-order valence-electron chi connectivity index (χ3n) is 1.26. The molecule has 1 aromatic heterocycles. The first-order chi connectivity index (χ1) is 5.31. The van der Waals surface area contributed by atoms with E-state index < -0.39 is 0 Å². The monoisotopic (exact) mass is 171 g/mol. The van der Waals surface area contributed by atoms with Crippen LogP contribution in [0.15, 0.2) is 5.16 Å². The van der Waals surface area contributed by atoms with Crippen LogP contribution in [0.5, 0.6) is 0 Å². The van der Waals surface area contributed by atoms with Gasteiger partial charge in [0.05, 0.1) is 0 Å². The SMILES string of the molecule is CNc1nc(SC)[nH]c1C=O. The van der Waals surface area contributed by atoms with Crippen LogP contribution in [0.4, 0.5) is 5.82 Å². The molecular weight excluding hydrogens is 162 g/mol. The quantitative estimate of drug-likeness (QED) is 0.526. The molecule has 0 aliphatic rings. The maximum atomic E-state index is 10.4. The summed E-state index contributed by atoms with van der Waals surface area (Å²) in [5.41, 5.74) is 0.497. The van der Waals surface area contributed by atoms with Crippen molar-refractivity contribution in [3.05, 3.63) is 5.69 Å². The second-order valence-electron chi connectivity index (χ2n) is 1.88. The number of hydrogen-bond donors (Lipinski definition) is 2. The number of nitrogens with one attached hydrogen (secondary N) is 2. The summed E-state index contributed by atoms with van der Waals surface area (Å²) in [5, 5.41) is 3.56. The van der Waals surface area contributed by atoms with Gasteiger partial charge < -0.3 is 10.3 Å². The molecule has 5 heteroatoms. The molecular formula is C6H9N3OS. The Morgan fingerprint density at radius 3 is 2.82 bits per heavy atom. The second-order valence-corrected chi connectivity index (χ2v) is 2.67. The first kappa shape index (κ1) is 8.13. The normalized spacial score (nSPS) is 9.64. The topological polar surface area (TPSA) is 57.8 Å². The predicted octanol–water partition coefficient (Wildman–Crippen LogP) is 0.986. The van der Waals surface area contributed by atoms with Crippen molar-refractivity contribution >= 4 is 23.9 Å². The lowest BCUT2D eigenvalue weighted by Gasteiger charge is -1.90. The fraction of sp³-hybridized carbons (Fsp3) is 0.333. The van der Waals surface area contributed by atoms with Crippen LogP contribution in [0.25, 0.3) is 0 Å². The minimum absolute atomic E-state index is 0.497. The second kappa shape index (κ2) is 3.43. The Balaban J connectivity index is 3.01. The molecule has 0 aromatic carbocycles. The van der Waals surface area contributed by atoms with E-state index in [0.29, 0.717) is 11.5 Å². The van der Waals surface area contributed by atoms with Crippen LogP contribution in [0.2, 0.25) is 0 Å². The van der Waals surface area contributed by atoms with E-state index in [2.05, 4.69) is 15.3 Å². The number of imidazole rings is 1. The van der Waals surface area contributed by atoms with Gasteiger partial charge in [0.25, 0.3) is 0 Å². The summed E-state index contributed by atoms with van der Waals surface area (Å²) < 4.78 is 0. The number of aromatic nitrogens is 2. The van der Waals surface area contributed by atoms with Gasteiger partial charge in [0.15, 0.2) is 17.3 Å². The number of anilines is 1. The minimum atomic E-state index is 0.497. The smallest absolute Gasteiger partial charge is 0.170 e. The van der Waals surface area contributed by atoms with Crippen molar-refractivity contribution in [1.82, 2.24) is 9.97 Å². The number of carbonyl (C=O) groups is 1. The molecule has 1 aromatic rings. The molecule has 0 saturated carbocycles. The molecule has 11 heavy (non-hydrogen) atoms. The van der Waals surface area contributed by atoms with Crippen LogP contribution in [0.3, 0.4) is 0 Å². The van der Waals surface area contributed by atoms with E-state index in [4.69, 9.17) is 0 Å². The predicted molar refractivity (Wildman–Crippen MR) is 45.3 cm³/mol. The molecule has 0 spiro atoms. The fourth-order valence-electron chi connectivity index (χ4n) is 0.737. The highest BCUT2D eigenvalue weighted by Crippen LogP contribution is 2.15. The van der Waals surface area contributed by atoms with Gasteiger partial charge >= 0.3 is 0 Å². The molecule has 1 heterocycles. The highest BCUT2D eigenvalue weighted by molar-refractivity contribution is 7.98. The zero-order chi connectivity index (χ0) is 8.27. The van der Waals surface area contributed by atoms with Gasteiger partial charge in [0.2, 0.25) is 0 Å². The minimum Gasteiger partial charge on any atom is -0.371 e. The summed E-state index contributed by atoms with van der Waals surface area (Å²) in [7, 11) is 1.73. The molecule has 1 rings (SSSR count). The Kier molecular flexibility index (Phi) is 2.53. The van der Waals surface area contributed by atoms with Crippen molar-refractivity contribution in [3.63, 3.8) is 0 Å². The van der Waals surface area contributed by atoms with Crippen molar-refractivity contribution in [1.29, 1.82) is 0 Å². The maximum absolute atomic E-state index is 10.4. The van der Waals surface area contributed by atoms with Crippen molar-refractivity contribution in [2.75, 3.05) is 18.6 Å². The Morgan fingerprint density at radius 2 is 2.45 bits per heavy atom. The van der Waals surface area contributed by atoms with Crippen molar-refractivity contribution in [2.45, 2.75) is 5.16 Å². The molecule has 60 valence electrons. The van der Waals surface area contributed by atoms with Gasteiger partial charge in [-0.1, -0.05) is 11.8 Å². The molecule has 0 aliphatic carbocycles. The average molecular weight is 171 g/mol. The Labute approximate surface area is 68.8 Å². The number of nitrogens with zero attached hydrogens (tertiary/aromatic N) is 1. The number of rotatable bonds is 3. The molecule has 4 nitrogen and oxygen atoms in total. The first-order valence-electron chi connectivity index (χ1n) is 3.08. The zero-order valence-corrected chi connectivity index (χ0v) is 7.16. The van der Waals surface area contributed by atoms with E-state index in [1.54, 1.807) is 7.05 Å². The van der Waals surface area contributed by atoms with Crippen LogP contribution in [-0.2, 0) is 0 Å². The van der Waals surface area contributed by atoms with E-state index in [0.717, 1.165) is 11.4 Å². The molecule has 0 bridgehead atoms. The number of hydrogen-bond acceptors (Lipinski definition) is 4. The van der Waals surface area contributed by atoms with Crippen molar-refractivity contribution < 1.29 is 4.79 Å². The molecule has 0 aliphatic heterocycles. The van der Waals surface area contributed by atoms with Gasteiger partial charge in [-0.15, -0.1) is 0 Å². The first-order valence-corrected chi connectivity index (χ1v) is 4.31. The molecule has 0 fully saturated rings. The zero-order valence-electron chi connectivity index (χ0n) is 6.34. The van der Waals surface area contributed by atoms with Crippen LogP contribution in [0, 0.1) is 0 Å². The number of H-pyrrole nitrogens is 1. The molecule has 0 saturated heterocycles. The fourth-order valence-corrected chi connectivity index (χ4v) is 1.13. The lowest BCUT2D eigenvalue weighted by molar-refractivity contribution is 0.112. The lowest BCUT2D eigenvalue weighted by atomic mass is 10.5. The van der Waals surface area contributed by atoms with Gasteiger partial charge in [-0.25, -0.2) is 4.98 Å².